The molecule has 1 aliphatic carbocycles. The Morgan fingerprint density at radius 2 is 1.64 bits per heavy atom. The number of urea groups is 1. The average Bonchev–Trinajstić information content (AvgIpc) is 2.77. The average molecular weight is 343 g/mol. The van der Waals surface area contributed by atoms with E-state index in [-0.39, 0.29) is 11.9 Å². The topological polar surface area (TPSA) is 52.6 Å². The Balaban J connectivity index is 1.63. The molecule has 0 aromatic heterocycles. The molecule has 1 aromatic rings. The quantitative estimate of drug-likeness (QED) is 0.835. The van der Waals surface area contributed by atoms with Gasteiger partial charge in [-0.2, -0.15) is 0 Å². The number of imide groups is 1. The summed E-state index contributed by atoms with van der Waals surface area (Å²) in [7, 11) is 1.95. The van der Waals surface area contributed by atoms with Crippen LogP contribution >= 0.6 is 0 Å². The van der Waals surface area contributed by atoms with Crippen molar-refractivity contribution in [3.05, 3.63) is 35.4 Å². The van der Waals surface area contributed by atoms with Gasteiger partial charge in [-0.3, -0.25) is 9.69 Å². The maximum Gasteiger partial charge on any atom is 0.326 e. The van der Waals surface area contributed by atoms with Gasteiger partial charge in [-0.25, -0.2) is 9.69 Å². The fourth-order valence-corrected chi connectivity index (χ4v) is 3.96. The summed E-state index contributed by atoms with van der Waals surface area (Å²) in [5.74, 6) is -0.0346. The molecular formula is C20H29N3O2. The van der Waals surface area contributed by atoms with Gasteiger partial charge in [-0.05, 0) is 37.4 Å². The lowest BCUT2D eigenvalue weighted by Gasteiger charge is -2.26. The Morgan fingerprint density at radius 3 is 2.24 bits per heavy atom. The molecule has 2 aliphatic rings. The van der Waals surface area contributed by atoms with Crippen molar-refractivity contribution in [3.8, 4) is 0 Å². The highest BCUT2D eigenvalue weighted by Crippen LogP contribution is 2.32. The van der Waals surface area contributed by atoms with E-state index < -0.39 is 5.54 Å². The van der Waals surface area contributed by atoms with Crippen molar-refractivity contribution in [1.29, 1.82) is 0 Å². The zero-order chi connectivity index (χ0) is 17.9. The minimum absolute atomic E-state index is 0.0346. The predicted molar refractivity (Wildman–Crippen MR) is 98.0 cm³/mol. The van der Waals surface area contributed by atoms with Crippen molar-refractivity contribution in [1.82, 2.24) is 15.1 Å². The van der Waals surface area contributed by atoms with Crippen molar-refractivity contribution in [3.63, 3.8) is 0 Å². The fourth-order valence-electron chi connectivity index (χ4n) is 3.96. The van der Waals surface area contributed by atoms with Gasteiger partial charge in [0.15, 0.2) is 0 Å². The van der Waals surface area contributed by atoms with Crippen LogP contribution in [0.5, 0.6) is 0 Å². The van der Waals surface area contributed by atoms with E-state index in [1.807, 2.05) is 11.9 Å². The molecule has 1 N–H and O–H groups in total. The summed E-state index contributed by atoms with van der Waals surface area (Å²) in [6, 6.07) is 8.27. The van der Waals surface area contributed by atoms with Crippen molar-refractivity contribution in [2.45, 2.75) is 64.0 Å². The van der Waals surface area contributed by atoms with Gasteiger partial charge >= 0.3 is 6.03 Å². The molecule has 0 unspecified atom stereocenters. The van der Waals surface area contributed by atoms with Gasteiger partial charge in [0, 0.05) is 6.54 Å². The molecule has 2 fully saturated rings. The number of amides is 3. The van der Waals surface area contributed by atoms with Gasteiger partial charge in [0.05, 0.1) is 6.67 Å². The first-order valence-electron chi connectivity index (χ1n) is 9.44. The number of aryl methyl sites for hydroxylation is 1. The minimum atomic E-state index is -0.642. The molecule has 0 bridgehead atoms. The molecule has 1 aromatic carbocycles. The Hall–Kier alpha value is -1.88. The van der Waals surface area contributed by atoms with Crippen LogP contribution in [0.2, 0.25) is 0 Å². The first kappa shape index (κ1) is 17.9. The van der Waals surface area contributed by atoms with Crippen LogP contribution < -0.4 is 5.32 Å². The minimum Gasteiger partial charge on any atom is -0.323 e. The Kier molecular flexibility index (Phi) is 5.42. The van der Waals surface area contributed by atoms with Crippen molar-refractivity contribution >= 4 is 11.9 Å². The Morgan fingerprint density at radius 1 is 1.04 bits per heavy atom. The van der Waals surface area contributed by atoms with Crippen molar-refractivity contribution in [2.75, 3.05) is 13.7 Å². The second kappa shape index (κ2) is 7.56. The molecule has 25 heavy (non-hydrogen) atoms. The fraction of sp³-hybridized carbons (Fsp3) is 0.600. The van der Waals surface area contributed by atoms with Crippen molar-refractivity contribution < 1.29 is 9.59 Å². The third-order valence-electron chi connectivity index (χ3n) is 5.47. The van der Waals surface area contributed by atoms with Crippen LogP contribution in [0.25, 0.3) is 0 Å². The molecular weight excluding hydrogens is 314 g/mol. The number of hydrogen-bond acceptors (Lipinski definition) is 3. The molecule has 3 rings (SSSR count). The molecule has 136 valence electrons. The van der Waals surface area contributed by atoms with Gasteiger partial charge in [-0.15, -0.1) is 0 Å². The van der Waals surface area contributed by atoms with Gasteiger partial charge in [0.25, 0.3) is 5.91 Å². The van der Waals surface area contributed by atoms with E-state index in [9.17, 15) is 9.59 Å². The lowest BCUT2D eigenvalue weighted by molar-refractivity contribution is -0.133. The van der Waals surface area contributed by atoms with Gasteiger partial charge in [0.1, 0.15) is 5.54 Å². The number of benzene rings is 1. The Labute approximate surface area is 150 Å². The standard InChI is InChI=1S/C20H29N3O2/c1-3-16-8-10-17(11-9-16)14-22(2)15-23-18(24)20(21-19(23)25)12-6-4-5-7-13-20/h8-11H,3-7,12-15H2,1-2H3,(H,21,25). The van der Waals surface area contributed by atoms with E-state index in [0.29, 0.717) is 13.2 Å². The highest BCUT2D eigenvalue weighted by atomic mass is 16.2. The Bertz CT molecular complexity index is 618. The van der Waals surface area contributed by atoms with Crippen LogP contribution in [-0.2, 0) is 17.8 Å². The second-order valence-corrected chi connectivity index (χ2v) is 7.49. The summed E-state index contributed by atoms with van der Waals surface area (Å²) in [4.78, 5) is 28.8. The second-order valence-electron chi connectivity index (χ2n) is 7.49. The molecule has 5 nitrogen and oxygen atoms in total. The van der Waals surface area contributed by atoms with Crippen LogP contribution in [0.1, 0.15) is 56.6 Å². The molecule has 1 heterocycles. The predicted octanol–water partition coefficient (Wildman–Crippen LogP) is 3.28. The van der Waals surface area contributed by atoms with E-state index in [1.165, 1.54) is 16.0 Å². The number of carbonyl (C=O) groups excluding carboxylic acids is 2. The van der Waals surface area contributed by atoms with Gasteiger partial charge < -0.3 is 5.32 Å². The summed E-state index contributed by atoms with van der Waals surface area (Å²) < 4.78 is 0. The van der Waals surface area contributed by atoms with Crippen LogP contribution in [-0.4, -0.2) is 41.0 Å². The summed E-state index contributed by atoms with van der Waals surface area (Å²) >= 11 is 0. The normalized spacial score (nSPS) is 20.2. The lowest BCUT2D eigenvalue weighted by atomic mass is 9.90. The first-order valence-corrected chi connectivity index (χ1v) is 9.44. The third-order valence-corrected chi connectivity index (χ3v) is 5.47. The van der Waals surface area contributed by atoms with Crippen LogP contribution in [0.15, 0.2) is 24.3 Å². The summed E-state index contributed by atoms with van der Waals surface area (Å²) in [5.41, 5.74) is 1.86. The zero-order valence-electron chi connectivity index (χ0n) is 15.4. The molecule has 0 atom stereocenters. The van der Waals surface area contributed by atoms with Crippen LogP contribution in [0, 0.1) is 0 Å². The molecule has 0 radical (unpaired) electrons. The van der Waals surface area contributed by atoms with E-state index in [2.05, 4.69) is 36.5 Å². The molecule has 5 heteroatoms. The molecule has 3 amide bonds. The van der Waals surface area contributed by atoms with E-state index in [1.54, 1.807) is 0 Å². The number of carbonyl (C=O) groups is 2. The number of hydrogen-bond donors (Lipinski definition) is 1. The lowest BCUT2D eigenvalue weighted by Crippen LogP contribution is -2.47. The van der Waals surface area contributed by atoms with Gasteiger partial charge in [-0.1, -0.05) is 56.9 Å². The largest absolute Gasteiger partial charge is 0.326 e. The summed E-state index contributed by atoms with van der Waals surface area (Å²) in [6.07, 6.45) is 6.91. The van der Waals surface area contributed by atoms with Crippen LogP contribution in [0.4, 0.5) is 4.79 Å². The highest BCUT2D eigenvalue weighted by molar-refractivity contribution is 6.07. The SMILES string of the molecule is CCc1ccc(CN(C)CN2C(=O)NC3(CCCCCC3)C2=O)cc1. The molecule has 1 saturated carbocycles. The number of nitrogens with zero attached hydrogens (tertiary/aromatic N) is 2. The smallest absolute Gasteiger partial charge is 0.323 e. The number of nitrogens with one attached hydrogen (secondary N) is 1. The number of rotatable bonds is 5. The molecule has 1 spiro atoms. The van der Waals surface area contributed by atoms with Crippen molar-refractivity contribution in [2.24, 2.45) is 0 Å². The monoisotopic (exact) mass is 343 g/mol. The van der Waals surface area contributed by atoms with E-state index >= 15 is 0 Å². The molecule has 1 aliphatic heterocycles. The van der Waals surface area contributed by atoms with Crippen LogP contribution in [0.3, 0.4) is 0 Å². The van der Waals surface area contributed by atoms with Gasteiger partial charge in [0.2, 0.25) is 0 Å². The maximum atomic E-state index is 12.9. The third kappa shape index (κ3) is 3.87. The maximum absolute atomic E-state index is 12.9. The first-order chi connectivity index (χ1) is 12.0. The molecule has 1 saturated heterocycles. The summed E-state index contributed by atoms with van der Waals surface area (Å²) in [5, 5.41) is 3.00. The zero-order valence-corrected chi connectivity index (χ0v) is 15.4. The highest BCUT2D eigenvalue weighted by Gasteiger charge is 2.50. The summed E-state index contributed by atoms with van der Waals surface area (Å²) in [6.45, 7) is 3.19. The van der Waals surface area contributed by atoms with E-state index in [0.717, 1.165) is 44.9 Å². The van der Waals surface area contributed by atoms with E-state index in [4.69, 9.17) is 0 Å².